The summed E-state index contributed by atoms with van der Waals surface area (Å²) in [4.78, 5) is 14.7. The molecule has 1 aromatic rings. The van der Waals surface area contributed by atoms with Gasteiger partial charge in [0.2, 0.25) is 0 Å². The maximum atomic E-state index is 12.6. The summed E-state index contributed by atoms with van der Waals surface area (Å²) >= 11 is 3.56. The number of piperidine rings is 1. The van der Waals surface area contributed by atoms with Crippen LogP contribution in [0.1, 0.15) is 36.5 Å². The Balaban J connectivity index is 1.86. The van der Waals surface area contributed by atoms with Crippen molar-refractivity contribution in [1.82, 2.24) is 4.90 Å². The van der Waals surface area contributed by atoms with E-state index in [1.165, 1.54) is 6.07 Å². The van der Waals surface area contributed by atoms with Crippen molar-refractivity contribution in [3.05, 3.63) is 23.8 Å². The number of Topliss-reactive ketones (excluding diaryl/α,β-unsaturated/α-hetero) is 1. The monoisotopic (exact) mass is 353 g/mol. The molecule has 0 radical (unpaired) electrons. The summed E-state index contributed by atoms with van der Waals surface area (Å²) in [6.45, 7) is 5.15. The largest absolute Gasteiger partial charge is 0.508 e. The molecule has 4 nitrogen and oxygen atoms in total. The first kappa shape index (κ1) is 14.9. The van der Waals surface area contributed by atoms with Crippen LogP contribution >= 0.6 is 15.9 Å². The summed E-state index contributed by atoms with van der Waals surface area (Å²) in [5.41, 5.74) is 0.0681. The lowest BCUT2D eigenvalue weighted by atomic mass is 9.82. The van der Waals surface area contributed by atoms with Crippen LogP contribution in [0, 0.1) is 0 Å². The first-order valence-corrected chi connectivity index (χ1v) is 8.40. The van der Waals surface area contributed by atoms with Crippen LogP contribution in [0.15, 0.2) is 18.2 Å². The van der Waals surface area contributed by atoms with Gasteiger partial charge in [0, 0.05) is 32.0 Å². The van der Waals surface area contributed by atoms with Gasteiger partial charge in [0.25, 0.3) is 0 Å². The van der Waals surface area contributed by atoms with E-state index in [-0.39, 0.29) is 16.4 Å². The quantitative estimate of drug-likeness (QED) is 0.830. The number of alkyl halides is 1. The Bertz CT molecular complexity index is 552. The Morgan fingerprint density at radius 2 is 2.14 bits per heavy atom. The highest BCUT2D eigenvalue weighted by atomic mass is 79.9. The van der Waals surface area contributed by atoms with Gasteiger partial charge in [-0.1, -0.05) is 22.9 Å². The summed E-state index contributed by atoms with van der Waals surface area (Å²) < 4.78 is 6.20. The highest BCUT2D eigenvalue weighted by Crippen LogP contribution is 2.43. The molecule has 2 aliphatic heterocycles. The first-order valence-electron chi connectivity index (χ1n) is 7.48. The maximum Gasteiger partial charge on any atom is 0.184 e. The Morgan fingerprint density at radius 3 is 2.81 bits per heavy atom. The zero-order valence-electron chi connectivity index (χ0n) is 12.1. The van der Waals surface area contributed by atoms with E-state index >= 15 is 0 Å². The fourth-order valence-corrected chi connectivity index (χ4v) is 4.07. The van der Waals surface area contributed by atoms with Gasteiger partial charge in [0.05, 0.1) is 5.56 Å². The Labute approximate surface area is 133 Å². The molecule has 0 saturated carbocycles. The molecule has 0 aliphatic carbocycles. The van der Waals surface area contributed by atoms with E-state index in [9.17, 15) is 9.90 Å². The number of carbonyl (C=O) groups excluding carboxylic acids is 1. The van der Waals surface area contributed by atoms with Crippen LogP contribution in [0.25, 0.3) is 0 Å². The lowest BCUT2D eigenvalue weighted by Crippen LogP contribution is -2.57. The van der Waals surface area contributed by atoms with E-state index in [0.717, 1.165) is 38.9 Å². The van der Waals surface area contributed by atoms with Crippen LogP contribution in [-0.2, 0) is 0 Å². The van der Waals surface area contributed by atoms with Gasteiger partial charge in [0.15, 0.2) is 5.78 Å². The molecular weight excluding hydrogens is 334 g/mol. The van der Waals surface area contributed by atoms with E-state index in [4.69, 9.17) is 4.74 Å². The van der Waals surface area contributed by atoms with Gasteiger partial charge in [-0.15, -0.1) is 0 Å². The molecule has 1 atom stereocenters. The number of rotatable bonds is 2. The molecule has 2 aliphatic rings. The van der Waals surface area contributed by atoms with Gasteiger partial charge < -0.3 is 14.7 Å². The third-order valence-corrected chi connectivity index (χ3v) is 5.73. The second-order valence-corrected chi connectivity index (χ2v) is 6.83. The smallest absolute Gasteiger partial charge is 0.184 e. The van der Waals surface area contributed by atoms with Gasteiger partial charge >= 0.3 is 0 Å². The minimum Gasteiger partial charge on any atom is -0.508 e. The summed E-state index contributed by atoms with van der Waals surface area (Å²) in [7, 11) is 0. The molecule has 0 aromatic heterocycles. The van der Waals surface area contributed by atoms with Gasteiger partial charge in [0.1, 0.15) is 21.9 Å². The molecule has 1 fully saturated rings. The summed E-state index contributed by atoms with van der Waals surface area (Å²) in [6, 6.07) is 4.72. The molecule has 114 valence electrons. The van der Waals surface area contributed by atoms with Gasteiger partial charge in [-0.2, -0.15) is 0 Å². The van der Waals surface area contributed by atoms with Crippen molar-refractivity contribution in [2.24, 2.45) is 0 Å². The van der Waals surface area contributed by atoms with Crippen molar-refractivity contribution >= 4 is 21.7 Å². The molecule has 1 spiro atoms. The van der Waals surface area contributed by atoms with Gasteiger partial charge in [-0.25, -0.2) is 0 Å². The molecule has 1 N–H and O–H groups in total. The predicted octanol–water partition coefficient (Wildman–Crippen LogP) is 2.98. The number of hydrogen-bond acceptors (Lipinski definition) is 4. The van der Waals surface area contributed by atoms with Crippen LogP contribution < -0.4 is 4.74 Å². The fourth-order valence-electron chi connectivity index (χ4n) is 3.27. The number of hydrogen-bond donors (Lipinski definition) is 1. The number of halogens is 1. The number of ketones is 1. The number of likely N-dealkylation sites (tertiary alicyclic amines) is 1. The van der Waals surface area contributed by atoms with Crippen molar-refractivity contribution in [3.8, 4) is 11.5 Å². The Morgan fingerprint density at radius 1 is 1.43 bits per heavy atom. The van der Waals surface area contributed by atoms with Crippen LogP contribution in [0.3, 0.4) is 0 Å². The van der Waals surface area contributed by atoms with Crippen LogP contribution in [0.5, 0.6) is 11.5 Å². The maximum absolute atomic E-state index is 12.6. The van der Waals surface area contributed by atoms with E-state index < -0.39 is 5.60 Å². The number of phenolic OH excluding ortho intramolecular Hbond substituents is 1. The number of fused-ring (bicyclic) bond motifs is 1. The Kier molecular flexibility index (Phi) is 3.97. The number of carbonyl (C=O) groups is 1. The van der Waals surface area contributed by atoms with Gasteiger partial charge in [-0.05, 0) is 25.1 Å². The summed E-state index contributed by atoms with van der Waals surface area (Å²) in [5, 5.41) is 9.63. The van der Waals surface area contributed by atoms with E-state index in [1.807, 2.05) is 0 Å². The second-order valence-electron chi connectivity index (χ2n) is 5.92. The van der Waals surface area contributed by atoms with Crippen molar-refractivity contribution < 1.29 is 14.6 Å². The minimum atomic E-state index is -0.484. The van der Waals surface area contributed by atoms with Crippen molar-refractivity contribution in [1.29, 1.82) is 0 Å². The van der Waals surface area contributed by atoms with Crippen molar-refractivity contribution in [2.75, 3.05) is 19.6 Å². The molecular formula is C16H20BrNO3. The van der Waals surface area contributed by atoms with Crippen LogP contribution in [-0.4, -0.2) is 45.9 Å². The zero-order valence-corrected chi connectivity index (χ0v) is 13.7. The topological polar surface area (TPSA) is 49.8 Å². The molecule has 3 rings (SSSR count). The molecule has 0 bridgehead atoms. The highest BCUT2D eigenvalue weighted by Gasteiger charge is 2.49. The fraction of sp³-hybridized carbons (Fsp3) is 0.562. The normalized spacial score (nSPS) is 24.7. The average molecular weight is 354 g/mol. The zero-order chi connectivity index (χ0) is 15.0. The summed E-state index contributed by atoms with van der Waals surface area (Å²) in [5.74, 6) is 0.702. The van der Waals surface area contributed by atoms with E-state index in [2.05, 4.69) is 27.8 Å². The standard InChI is InChI=1S/C16H20BrNO3/c1-2-7-18-8-5-16(6-9-18)15(17)14(20)12-4-3-11(19)10-13(12)21-16/h3-4,10,15,19H,2,5-9H2,1H3. The van der Waals surface area contributed by atoms with Crippen LogP contribution in [0.2, 0.25) is 0 Å². The molecule has 1 aromatic carbocycles. The number of benzene rings is 1. The highest BCUT2D eigenvalue weighted by molar-refractivity contribution is 9.10. The number of aromatic hydroxyl groups is 1. The van der Waals surface area contributed by atoms with E-state index in [0.29, 0.717) is 11.3 Å². The molecule has 2 heterocycles. The third-order valence-electron chi connectivity index (χ3n) is 4.48. The van der Waals surface area contributed by atoms with Crippen molar-refractivity contribution in [3.63, 3.8) is 0 Å². The molecule has 0 amide bonds. The van der Waals surface area contributed by atoms with Crippen molar-refractivity contribution in [2.45, 2.75) is 36.6 Å². The minimum absolute atomic E-state index is 0.0557. The summed E-state index contributed by atoms with van der Waals surface area (Å²) in [6.07, 6.45) is 2.79. The first-order chi connectivity index (χ1) is 10.1. The number of ether oxygens (including phenoxy) is 1. The lowest BCUT2D eigenvalue weighted by molar-refractivity contribution is -0.00332. The van der Waals surface area contributed by atoms with Gasteiger partial charge in [-0.3, -0.25) is 4.79 Å². The second kappa shape index (κ2) is 5.61. The molecule has 21 heavy (non-hydrogen) atoms. The SMILES string of the molecule is CCCN1CCC2(CC1)Oc1cc(O)ccc1C(=O)C2Br. The molecule has 1 unspecified atom stereocenters. The van der Waals surface area contributed by atoms with Crippen LogP contribution in [0.4, 0.5) is 0 Å². The number of phenols is 1. The Hall–Kier alpha value is -1.07. The average Bonchev–Trinajstić information content (AvgIpc) is 2.47. The van der Waals surface area contributed by atoms with E-state index in [1.54, 1.807) is 12.1 Å². The molecule has 5 heteroatoms. The lowest BCUT2D eigenvalue weighted by Gasteiger charge is -2.46. The number of nitrogens with zero attached hydrogens (tertiary/aromatic N) is 1. The third kappa shape index (κ3) is 2.57. The molecule has 1 saturated heterocycles. The predicted molar refractivity (Wildman–Crippen MR) is 84.5 cm³/mol.